The minimum atomic E-state index is -0.825. The Morgan fingerprint density at radius 2 is 2.10 bits per heavy atom. The first-order valence-electron chi connectivity index (χ1n) is 7.11. The summed E-state index contributed by atoms with van der Waals surface area (Å²) in [5.41, 5.74) is 2.84. The summed E-state index contributed by atoms with van der Waals surface area (Å²) in [5.74, 6) is -0.320. The molecule has 4 nitrogen and oxygen atoms in total. The van der Waals surface area contributed by atoms with Gasteiger partial charge in [-0.15, -0.1) is 0 Å². The topological polar surface area (TPSA) is 57.6 Å². The molecule has 1 N–H and O–H groups in total. The molecule has 0 fully saturated rings. The number of hydrogen-bond donors (Lipinski definition) is 1. The second kappa shape index (κ2) is 6.07. The van der Waals surface area contributed by atoms with Gasteiger partial charge in [0, 0.05) is 18.7 Å². The number of nitrogens with zero attached hydrogens (tertiary/aromatic N) is 1. The van der Waals surface area contributed by atoms with Crippen molar-refractivity contribution in [1.29, 1.82) is 0 Å². The van der Waals surface area contributed by atoms with Gasteiger partial charge in [-0.3, -0.25) is 9.59 Å². The Balaban J connectivity index is 2.23. The lowest BCUT2D eigenvalue weighted by Gasteiger charge is -2.30. The van der Waals surface area contributed by atoms with Crippen molar-refractivity contribution in [2.45, 2.75) is 39.5 Å². The standard InChI is InChI=1S/C16H21NO3/c1-11(2)8-15(18)17-7-3-4-13-9-12(10-16(19)20)5-6-14(13)17/h5-6,9,11H,3-4,7-8,10H2,1-2H3,(H,19,20). The van der Waals surface area contributed by atoms with Crippen LogP contribution < -0.4 is 4.90 Å². The van der Waals surface area contributed by atoms with Crippen LogP contribution in [0.1, 0.15) is 37.8 Å². The lowest BCUT2D eigenvalue weighted by Crippen LogP contribution is -2.36. The summed E-state index contributed by atoms with van der Waals surface area (Å²) < 4.78 is 0. The minimum Gasteiger partial charge on any atom is -0.481 e. The van der Waals surface area contributed by atoms with E-state index in [1.54, 1.807) is 0 Å². The van der Waals surface area contributed by atoms with Crippen molar-refractivity contribution in [3.05, 3.63) is 29.3 Å². The fraction of sp³-hybridized carbons (Fsp3) is 0.500. The number of aliphatic carboxylic acids is 1. The largest absolute Gasteiger partial charge is 0.481 e. The van der Waals surface area contributed by atoms with E-state index in [-0.39, 0.29) is 12.3 Å². The van der Waals surface area contributed by atoms with E-state index in [1.165, 1.54) is 0 Å². The van der Waals surface area contributed by atoms with Crippen LogP contribution in [0.15, 0.2) is 18.2 Å². The minimum absolute atomic E-state index is 0.0349. The highest BCUT2D eigenvalue weighted by molar-refractivity contribution is 5.94. The number of fused-ring (bicyclic) bond motifs is 1. The number of carbonyl (C=O) groups excluding carboxylic acids is 1. The molecule has 0 aliphatic carbocycles. The quantitative estimate of drug-likeness (QED) is 0.919. The Morgan fingerprint density at radius 3 is 2.75 bits per heavy atom. The van der Waals surface area contributed by atoms with E-state index < -0.39 is 5.97 Å². The van der Waals surface area contributed by atoms with Crippen LogP contribution in [0.5, 0.6) is 0 Å². The van der Waals surface area contributed by atoms with Gasteiger partial charge >= 0.3 is 5.97 Å². The molecule has 4 heteroatoms. The summed E-state index contributed by atoms with van der Waals surface area (Å²) in [5, 5.41) is 8.85. The van der Waals surface area contributed by atoms with E-state index in [1.807, 2.05) is 36.9 Å². The Morgan fingerprint density at radius 1 is 1.35 bits per heavy atom. The van der Waals surface area contributed by atoms with Crippen molar-refractivity contribution in [3.8, 4) is 0 Å². The fourth-order valence-corrected chi connectivity index (χ4v) is 2.65. The van der Waals surface area contributed by atoms with Crippen LogP contribution in [0, 0.1) is 5.92 Å². The summed E-state index contributed by atoms with van der Waals surface area (Å²) in [6, 6.07) is 5.64. The van der Waals surface area contributed by atoms with Crippen molar-refractivity contribution in [2.75, 3.05) is 11.4 Å². The van der Waals surface area contributed by atoms with Crippen molar-refractivity contribution >= 4 is 17.6 Å². The first-order chi connectivity index (χ1) is 9.47. The third kappa shape index (κ3) is 3.38. The number of amides is 1. The summed E-state index contributed by atoms with van der Waals surface area (Å²) >= 11 is 0. The lowest BCUT2D eigenvalue weighted by molar-refractivity contribution is -0.136. The van der Waals surface area contributed by atoms with Gasteiger partial charge in [0.25, 0.3) is 0 Å². The molecule has 20 heavy (non-hydrogen) atoms. The molecule has 0 saturated heterocycles. The lowest BCUT2D eigenvalue weighted by atomic mass is 9.97. The summed E-state index contributed by atoms with van der Waals surface area (Å²) in [6.45, 7) is 4.84. The van der Waals surface area contributed by atoms with Gasteiger partial charge in [-0.1, -0.05) is 26.0 Å². The van der Waals surface area contributed by atoms with Crippen LogP contribution in [0.2, 0.25) is 0 Å². The normalized spacial score (nSPS) is 14.2. The number of benzene rings is 1. The fourth-order valence-electron chi connectivity index (χ4n) is 2.65. The molecule has 0 bridgehead atoms. The first-order valence-corrected chi connectivity index (χ1v) is 7.11. The highest BCUT2D eigenvalue weighted by atomic mass is 16.4. The Labute approximate surface area is 119 Å². The van der Waals surface area contributed by atoms with Gasteiger partial charge in [0.1, 0.15) is 0 Å². The molecule has 1 heterocycles. The van der Waals surface area contributed by atoms with E-state index in [0.717, 1.165) is 36.2 Å². The molecule has 108 valence electrons. The van der Waals surface area contributed by atoms with E-state index >= 15 is 0 Å². The van der Waals surface area contributed by atoms with Gasteiger partial charge in [0.15, 0.2) is 0 Å². The number of rotatable bonds is 4. The molecule has 2 rings (SSSR count). The molecule has 0 unspecified atom stereocenters. The third-order valence-electron chi connectivity index (χ3n) is 3.50. The number of carboxylic acid groups (broad SMARTS) is 1. The number of carboxylic acids is 1. The molecule has 1 aromatic carbocycles. The second-order valence-corrected chi connectivity index (χ2v) is 5.78. The smallest absolute Gasteiger partial charge is 0.307 e. The van der Waals surface area contributed by atoms with E-state index in [0.29, 0.717) is 12.3 Å². The number of carbonyl (C=O) groups is 2. The molecular weight excluding hydrogens is 254 g/mol. The van der Waals surface area contributed by atoms with Gasteiger partial charge in [-0.25, -0.2) is 0 Å². The Bertz CT molecular complexity index is 522. The molecule has 0 atom stereocenters. The van der Waals surface area contributed by atoms with Gasteiger partial charge in [-0.2, -0.15) is 0 Å². The van der Waals surface area contributed by atoms with Crippen molar-refractivity contribution in [1.82, 2.24) is 0 Å². The van der Waals surface area contributed by atoms with Crippen LogP contribution in [0.4, 0.5) is 5.69 Å². The third-order valence-corrected chi connectivity index (χ3v) is 3.50. The zero-order valence-electron chi connectivity index (χ0n) is 12.1. The van der Waals surface area contributed by atoms with Gasteiger partial charge in [-0.05, 0) is 36.0 Å². The van der Waals surface area contributed by atoms with Crippen LogP contribution >= 0.6 is 0 Å². The van der Waals surface area contributed by atoms with Crippen LogP contribution in [0.3, 0.4) is 0 Å². The van der Waals surface area contributed by atoms with Crippen LogP contribution in [0.25, 0.3) is 0 Å². The predicted octanol–water partition coefficient (Wildman–Crippen LogP) is 2.64. The van der Waals surface area contributed by atoms with Gasteiger partial charge < -0.3 is 10.0 Å². The van der Waals surface area contributed by atoms with Crippen LogP contribution in [-0.4, -0.2) is 23.5 Å². The molecule has 0 radical (unpaired) electrons. The van der Waals surface area contributed by atoms with Crippen LogP contribution in [-0.2, 0) is 22.4 Å². The van der Waals surface area contributed by atoms with E-state index in [4.69, 9.17) is 5.11 Å². The van der Waals surface area contributed by atoms with E-state index in [2.05, 4.69) is 0 Å². The summed E-state index contributed by atoms with van der Waals surface area (Å²) in [6.07, 6.45) is 2.44. The molecule has 0 saturated carbocycles. The maximum Gasteiger partial charge on any atom is 0.307 e. The average molecular weight is 275 g/mol. The SMILES string of the molecule is CC(C)CC(=O)N1CCCc2cc(CC(=O)O)ccc21. The van der Waals surface area contributed by atoms with Crippen molar-refractivity contribution in [3.63, 3.8) is 0 Å². The predicted molar refractivity (Wildman–Crippen MR) is 77.9 cm³/mol. The molecule has 0 aromatic heterocycles. The molecule has 1 aliphatic rings. The van der Waals surface area contributed by atoms with E-state index in [9.17, 15) is 9.59 Å². The zero-order chi connectivity index (χ0) is 14.7. The number of hydrogen-bond acceptors (Lipinski definition) is 2. The summed E-state index contributed by atoms with van der Waals surface area (Å²) in [4.78, 5) is 24.9. The molecule has 1 amide bonds. The monoisotopic (exact) mass is 275 g/mol. The average Bonchev–Trinajstić information content (AvgIpc) is 2.36. The highest BCUT2D eigenvalue weighted by Gasteiger charge is 2.23. The number of anilines is 1. The highest BCUT2D eigenvalue weighted by Crippen LogP contribution is 2.29. The Hall–Kier alpha value is -1.84. The first kappa shape index (κ1) is 14.6. The maximum absolute atomic E-state index is 12.3. The maximum atomic E-state index is 12.3. The second-order valence-electron chi connectivity index (χ2n) is 5.78. The number of aryl methyl sites for hydroxylation is 1. The molecule has 1 aromatic rings. The zero-order valence-corrected chi connectivity index (χ0v) is 12.1. The van der Waals surface area contributed by atoms with Crippen molar-refractivity contribution < 1.29 is 14.7 Å². The Kier molecular flexibility index (Phi) is 4.42. The molecule has 1 aliphatic heterocycles. The molecule has 0 spiro atoms. The summed E-state index contributed by atoms with van der Waals surface area (Å²) in [7, 11) is 0. The van der Waals surface area contributed by atoms with Gasteiger partial charge in [0.05, 0.1) is 6.42 Å². The van der Waals surface area contributed by atoms with Crippen molar-refractivity contribution in [2.24, 2.45) is 5.92 Å². The molecular formula is C16H21NO3. The van der Waals surface area contributed by atoms with Gasteiger partial charge in [0.2, 0.25) is 5.91 Å².